The molecule has 108 valence electrons. The molecule has 5 heteroatoms. The van der Waals surface area contributed by atoms with Gasteiger partial charge in [0.2, 0.25) is 5.88 Å². The van der Waals surface area contributed by atoms with Gasteiger partial charge in [0.05, 0.1) is 12.2 Å². The highest BCUT2D eigenvalue weighted by atomic mass is 16.5. The number of rotatable bonds is 9. The maximum absolute atomic E-state index is 9.06. The van der Waals surface area contributed by atoms with Crippen molar-refractivity contribution >= 4 is 5.82 Å². The van der Waals surface area contributed by atoms with Crippen LogP contribution in [0.3, 0.4) is 0 Å². The molecular formula is C14H25N3O2. The second-order valence-electron chi connectivity index (χ2n) is 4.63. The number of ether oxygens (including phenoxy) is 1. The fraction of sp³-hybridized carbons (Fsp3) is 0.714. The van der Waals surface area contributed by atoms with E-state index in [1.165, 1.54) is 6.33 Å². The molecule has 1 aromatic heterocycles. The van der Waals surface area contributed by atoms with E-state index in [4.69, 9.17) is 9.84 Å². The van der Waals surface area contributed by atoms with Gasteiger partial charge >= 0.3 is 0 Å². The van der Waals surface area contributed by atoms with Crippen LogP contribution in [0.1, 0.15) is 38.7 Å². The Bertz CT molecular complexity index is 366. The van der Waals surface area contributed by atoms with Gasteiger partial charge in [-0.15, -0.1) is 0 Å². The molecule has 1 atom stereocenters. The highest BCUT2D eigenvalue weighted by Gasteiger charge is 2.11. The first kappa shape index (κ1) is 15.7. The number of hydrogen-bond donors (Lipinski definition) is 2. The summed E-state index contributed by atoms with van der Waals surface area (Å²) in [5.41, 5.74) is 0.934. The van der Waals surface area contributed by atoms with E-state index in [0.29, 0.717) is 18.4 Å². The van der Waals surface area contributed by atoms with E-state index in [1.807, 2.05) is 13.8 Å². The lowest BCUT2D eigenvalue weighted by molar-refractivity contribution is 0.255. The van der Waals surface area contributed by atoms with Crippen molar-refractivity contribution in [3.8, 4) is 5.88 Å². The van der Waals surface area contributed by atoms with E-state index < -0.39 is 0 Å². The van der Waals surface area contributed by atoms with Crippen LogP contribution in [0.5, 0.6) is 5.88 Å². The lowest BCUT2D eigenvalue weighted by Crippen LogP contribution is -2.17. The summed E-state index contributed by atoms with van der Waals surface area (Å²) in [5.74, 6) is 1.92. The van der Waals surface area contributed by atoms with Gasteiger partial charge in [0.1, 0.15) is 12.1 Å². The van der Waals surface area contributed by atoms with E-state index in [0.717, 1.165) is 37.2 Å². The molecule has 0 aliphatic rings. The molecule has 0 aromatic carbocycles. The fourth-order valence-corrected chi connectivity index (χ4v) is 2.07. The maximum Gasteiger partial charge on any atom is 0.221 e. The molecular weight excluding hydrogens is 242 g/mol. The summed E-state index contributed by atoms with van der Waals surface area (Å²) in [7, 11) is 0. The Morgan fingerprint density at radius 2 is 2.11 bits per heavy atom. The number of nitrogens with zero attached hydrogens (tertiary/aromatic N) is 2. The van der Waals surface area contributed by atoms with E-state index in [-0.39, 0.29) is 6.61 Å². The standard InChI is InChI=1S/C14H25N3O2/c1-4-6-12(7-8-18)9-15-13-11(3)14(19-5-2)17-10-16-13/h10,12,18H,4-9H2,1-3H3,(H,15,16,17). The van der Waals surface area contributed by atoms with Crippen LogP contribution in [0.4, 0.5) is 5.82 Å². The minimum Gasteiger partial charge on any atom is -0.478 e. The van der Waals surface area contributed by atoms with Crippen molar-refractivity contribution in [2.24, 2.45) is 5.92 Å². The summed E-state index contributed by atoms with van der Waals surface area (Å²) in [6.45, 7) is 7.70. The van der Waals surface area contributed by atoms with Gasteiger partial charge in [-0.1, -0.05) is 13.3 Å². The van der Waals surface area contributed by atoms with Crippen LogP contribution < -0.4 is 10.1 Å². The van der Waals surface area contributed by atoms with Crippen molar-refractivity contribution in [1.29, 1.82) is 0 Å². The third-order valence-corrected chi connectivity index (χ3v) is 3.11. The highest BCUT2D eigenvalue weighted by Crippen LogP contribution is 2.21. The van der Waals surface area contributed by atoms with E-state index in [2.05, 4.69) is 22.2 Å². The van der Waals surface area contributed by atoms with E-state index in [9.17, 15) is 0 Å². The van der Waals surface area contributed by atoms with Gasteiger partial charge in [-0.2, -0.15) is 0 Å². The summed E-state index contributed by atoms with van der Waals surface area (Å²) >= 11 is 0. The minimum atomic E-state index is 0.235. The number of aliphatic hydroxyl groups is 1. The minimum absolute atomic E-state index is 0.235. The van der Waals surface area contributed by atoms with Gasteiger partial charge < -0.3 is 15.2 Å². The summed E-state index contributed by atoms with van der Waals surface area (Å²) < 4.78 is 5.45. The predicted molar refractivity (Wildman–Crippen MR) is 76.5 cm³/mol. The molecule has 0 aliphatic carbocycles. The molecule has 1 unspecified atom stereocenters. The first-order valence-corrected chi connectivity index (χ1v) is 7.02. The molecule has 0 bridgehead atoms. The number of hydrogen-bond acceptors (Lipinski definition) is 5. The monoisotopic (exact) mass is 267 g/mol. The van der Waals surface area contributed by atoms with Gasteiger partial charge in [-0.05, 0) is 32.6 Å². The zero-order chi connectivity index (χ0) is 14.1. The number of aromatic nitrogens is 2. The Balaban J connectivity index is 2.63. The Hall–Kier alpha value is -1.36. The number of nitrogens with one attached hydrogen (secondary N) is 1. The molecule has 5 nitrogen and oxygen atoms in total. The van der Waals surface area contributed by atoms with Crippen LogP contribution in [-0.4, -0.2) is 34.8 Å². The van der Waals surface area contributed by atoms with Crippen LogP contribution in [0.2, 0.25) is 0 Å². The Kier molecular flexibility index (Phi) is 7.18. The van der Waals surface area contributed by atoms with E-state index >= 15 is 0 Å². The summed E-state index contributed by atoms with van der Waals surface area (Å²) in [4.78, 5) is 8.36. The Morgan fingerprint density at radius 1 is 1.32 bits per heavy atom. The van der Waals surface area contributed by atoms with Gasteiger partial charge in [0.25, 0.3) is 0 Å². The zero-order valence-corrected chi connectivity index (χ0v) is 12.1. The fourth-order valence-electron chi connectivity index (χ4n) is 2.07. The number of aliphatic hydroxyl groups excluding tert-OH is 1. The molecule has 0 amide bonds. The van der Waals surface area contributed by atoms with Gasteiger partial charge in [-0.25, -0.2) is 9.97 Å². The quantitative estimate of drug-likeness (QED) is 0.719. The summed E-state index contributed by atoms with van der Waals surface area (Å²) in [6, 6.07) is 0. The van der Waals surface area contributed by atoms with Crippen molar-refractivity contribution < 1.29 is 9.84 Å². The molecule has 19 heavy (non-hydrogen) atoms. The first-order chi connectivity index (χ1) is 9.22. The molecule has 0 radical (unpaired) electrons. The molecule has 0 spiro atoms. The SMILES string of the molecule is CCCC(CCO)CNc1ncnc(OCC)c1C. The van der Waals surface area contributed by atoms with Crippen molar-refractivity contribution in [2.75, 3.05) is 25.1 Å². The van der Waals surface area contributed by atoms with Crippen molar-refractivity contribution in [3.63, 3.8) is 0 Å². The van der Waals surface area contributed by atoms with E-state index in [1.54, 1.807) is 0 Å². The molecule has 0 aliphatic heterocycles. The largest absolute Gasteiger partial charge is 0.478 e. The molecule has 1 rings (SSSR count). The van der Waals surface area contributed by atoms with Crippen LogP contribution in [0, 0.1) is 12.8 Å². The normalized spacial score (nSPS) is 12.2. The van der Waals surface area contributed by atoms with Crippen LogP contribution >= 0.6 is 0 Å². The summed E-state index contributed by atoms with van der Waals surface area (Å²) in [5, 5.41) is 12.4. The lowest BCUT2D eigenvalue weighted by Gasteiger charge is -2.17. The second-order valence-corrected chi connectivity index (χ2v) is 4.63. The van der Waals surface area contributed by atoms with Crippen molar-refractivity contribution in [3.05, 3.63) is 11.9 Å². The maximum atomic E-state index is 9.06. The number of anilines is 1. The van der Waals surface area contributed by atoms with Crippen molar-refractivity contribution in [1.82, 2.24) is 9.97 Å². The molecule has 0 fully saturated rings. The first-order valence-electron chi connectivity index (χ1n) is 7.02. The summed E-state index contributed by atoms with van der Waals surface area (Å²) in [6.07, 6.45) is 4.57. The third kappa shape index (κ3) is 5.03. The molecule has 0 saturated heterocycles. The molecule has 2 N–H and O–H groups in total. The van der Waals surface area contributed by atoms with Gasteiger partial charge in [-0.3, -0.25) is 0 Å². The molecule has 0 saturated carbocycles. The second kappa shape index (κ2) is 8.69. The predicted octanol–water partition coefficient (Wildman–Crippen LogP) is 2.39. The third-order valence-electron chi connectivity index (χ3n) is 3.11. The lowest BCUT2D eigenvalue weighted by atomic mass is 10.0. The topological polar surface area (TPSA) is 67.3 Å². The van der Waals surface area contributed by atoms with Crippen LogP contribution in [-0.2, 0) is 0 Å². The Labute approximate surface area is 115 Å². The average molecular weight is 267 g/mol. The van der Waals surface area contributed by atoms with Gasteiger partial charge in [0.15, 0.2) is 0 Å². The Morgan fingerprint density at radius 3 is 2.74 bits per heavy atom. The van der Waals surface area contributed by atoms with Crippen LogP contribution in [0.25, 0.3) is 0 Å². The molecule has 1 aromatic rings. The average Bonchev–Trinajstić information content (AvgIpc) is 2.40. The smallest absolute Gasteiger partial charge is 0.221 e. The van der Waals surface area contributed by atoms with Crippen LogP contribution in [0.15, 0.2) is 6.33 Å². The van der Waals surface area contributed by atoms with Crippen molar-refractivity contribution in [2.45, 2.75) is 40.0 Å². The highest BCUT2D eigenvalue weighted by molar-refractivity contribution is 5.47. The molecule has 1 heterocycles. The zero-order valence-electron chi connectivity index (χ0n) is 12.1. The van der Waals surface area contributed by atoms with Gasteiger partial charge in [0, 0.05) is 13.2 Å².